The van der Waals surface area contributed by atoms with Gasteiger partial charge in [-0.05, 0) is 43.9 Å². The van der Waals surface area contributed by atoms with Crippen molar-refractivity contribution < 1.29 is 14.7 Å². The Morgan fingerprint density at radius 2 is 2.19 bits per heavy atom. The standard InChI is InChI=1S/C16H22N2O3/c1-3-11(2)17-10-15(19)18-9-5-7-12-13(16(20)21)6-4-8-14(12)18/h4,6,8,11,17H,3,5,7,9-10H2,1-2H3,(H,20,21). The maximum Gasteiger partial charge on any atom is 0.336 e. The molecule has 1 unspecified atom stereocenters. The number of aromatic carboxylic acids is 1. The normalized spacial score (nSPS) is 15.4. The first-order valence-electron chi connectivity index (χ1n) is 7.43. The summed E-state index contributed by atoms with van der Waals surface area (Å²) in [6, 6.07) is 5.44. The molecule has 5 nitrogen and oxygen atoms in total. The third-order valence-corrected chi connectivity index (χ3v) is 4.00. The highest BCUT2D eigenvalue weighted by Gasteiger charge is 2.25. The zero-order chi connectivity index (χ0) is 15.4. The summed E-state index contributed by atoms with van der Waals surface area (Å²) in [6.07, 6.45) is 2.47. The number of carboxylic acid groups (broad SMARTS) is 1. The predicted octanol–water partition coefficient (Wildman–Crippen LogP) is 2.05. The number of carboxylic acids is 1. The molecule has 1 atom stereocenters. The molecular weight excluding hydrogens is 268 g/mol. The fourth-order valence-corrected chi connectivity index (χ4v) is 2.59. The molecule has 5 heteroatoms. The molecule has 0 radical (unpaired) electrons. The van der Waals surface area contributed by atoms with Crippen molar-refractivity contribution in [3.63, 3.8) is 0 Å². The highest BCUT2D eigenvalue weighted by atomic mass is 16.4. The van der Waals surface area contributed by atoms with Crippen molar-refractivity contribution in [2.24, 2.45) is 0 Å². The van der Waals surface area contributed by atoms with Gasteiger partial charge in [-0.15, -0.1) is 0 Å². The molecule has 114 valence electrons. The third-order valence-electron chi connectivity index (χ3n) is 4.00. The molecule has 1 aliphatic rings. The number of amides is 1. The van der Waals surface area contributed by atoms with Crippen molar-refractivity contribution in [1.29, 1.82) is 0 Å². The second-order valence-electron chi connectivity index (χ2n) is 5.45. The van der Waals surface area contributed by atoms with Crippen LogP contribution in [0.4, 0.5) is 5.69 Å². The van der Waals surface area contributed by atoms with E-state index >= 15 is 0 Å². The summed E-state index contributed by atoms with van der Waals surface area (Å²) in [4.78, 5) is 25.4. The summed E-state index contributed by atoms with van der Waals surface area (Å²) in [5.41, 5.74) is 1.82. The van der Waals surface area contributed by atoms with Crippen molar-refractivity contribution >= 4 is 17.6 Å². The number of carbonyl (C=O) groups excluding carboxylic acids is 1. The Kier molecular flexibility index (Phi) is 4.96. The highest BCUT2D eigenvalue weighted by Crippen LogP contribution is 2.30. The summed E-state index contributed by atoms with van der Waals surface area (Å²) in [7, 11) is 0. The average Bonchev–Trinajstić information content (AvgIpc) is 2.50. The number of hydrogen-bond acceptors (Lipinski definition) is 3. The van der Waals surface area contributed by atoms with Crippen LogP contribution < -0.4 is 10.2 Å². The van der Waals surface area contributed by atoms with Crippen LogP contribution >= 0.6 is 0 Å². The lowest BCUT2D eigenvalue weighted by atomic mass is 9.96. The third kappa shape index (κ3) is 3.42. The minimum absolute atomic E-state index is 0.00112. The van der Waals surface area contributed by atoms with Crippen LogP contribution in [0.3, 0.4) is 0 Å². The van der Waals surface area contributed by atoms with E-state index in [1.807, 2.05) is 13.0 Å². The van der Waals surface area contributed by atoms with Crippen molar-refractivity contribution in [3.8, 4) is 0 Å². The predicted molar refractivity (Wildman–Crippen MR) is 81.8 cm³/mol. The fourth-order valence-electron chi connectivity index (χ4n) is 2.59. The number of anilines is 1. The molecular formula is C16H22N2O3. The van der Waals surface area contributed by atoms with Crippen LogP contribution in [0.5, 0.6) is 0 Å². The lowest BCUT2D eigenvalue weighted by Crippen LogP contribution is -2.43. The van der Waals surface area contributed by atoms with Gasteiger partial charge in [0.05, 0.1) is 12.1 Å². The van der Waals surface area contributed by atoms with Crippen LogP contribution in [0.15, 0.2) is 18.2 Å². The summed E-state index contributed by atoms with van der Waals surface area (Å²) in [5, 5.41) is 12.4. The lowest BCUT2D eigenvalue weighted by Gasteiger charge is -2.30. The van der Waals surface area contributed by atoms with E-state index in [2.05, 4.69) is 12.2 Å². The summed E-state index contributed by atoms with van der Waals surface area (Å²) in [5.74, 6) is -0.933. The first kappa shape index (κ1) is 15.5. The Hall–Kier alpha value is -1.88. The molecule has 1 heterocycles. The van der Waals surface area contributed by atoms with Gasteiger partial charge >= 0.3 is 5.97 Å². The Labute approximate surface area is 125 Å². The monoisotopic (exact) mass is 290 g/mol. The maximum atomic E-state index is 12.4. The highest BCUT2D eigenvalue weighted by molar-refractivity contribution is 5.99. The molecule has 0 spiro atoms. The number of carbonyl (C=O) groups is 2. The van der Waals surface area contributed by atoms with Gasteiger partial charge in [0.2, 0.25) is 5.91 Å². The second-order valence-corrected chi connectivity index (χ2v) is 5.45. The van der Waals surface area contributed by atoms with Crippen molar-refractivity contribution in [3.05, 3.63) is 29.3 Å². The minimum Gasteiger partial charge on any atom is -0.478 e. The largest absolute Gasteiger partial charge is 0.478 e. The topological polar surface area (TPSA) is 69.6 Å². The van der Waals surface area contributed by atoms with E-state index in [9.17, 15) is 14.7 Å². The SMILES string of the molecule is CCC(C)NCC(=O)N1CCCc2c(C(=O)O)cccc21. The lowest BCUT2D eigenvalue weighted by molar-refractivity contribution is -0.118. The van der Waals surface area contributed by atoms with Gasteiger partial charge in [-0.2, -0.15) is 0 Å². The molecule has 0 fully saturated rings. The van der Waals surface area contributed by atoms with Gasteiger partial charge in [0.25, 0.3) is 0 Å². The maximum absolute atomic E-state index is 12.4. The Bertz CT molecular complexity index is 542. The van der Waals surface area contributed by atoms with E-state index in [0.717, 1.165) is 24.1 Å². The van der Waals surface area contributed by atoms with Crippen LogP contribution in [-0.2, 0) is 11.2 Å². The van der Waals surface area contributed by atoms with Crippen LogP contribution in [0, 0.1) is 0 Å². The number of fused-ring (bicyclic) bond motifs is 1. The molecule has 0 saturated carbocycles. The number of benzene rings is 1. The molecule has 0 saturated heterocycles. The molecule has 1 aromatic rings. The minimum atomic E-state index is -0.932. The Morgan fingerprint density at radius 1 is 1.43 bits per heavy atom. The van der Waals surface area contributed by atoms with E-state index in [0.29, 0.717) is 24.6 Å². The van der Waals surface area contributed by atoms with Gasteiger partial charge in [-0.25, -0.2) is 4.79 Å². The number of hydrogen-bond donors (Lipinski definition) is 2. The number of nitrogens with one attached hydrogen (secondary N) is 1. The molecule has 2 N–H and O–H groups in total. The van der Waals surface area contributed by atoms with Gasteiger partial charge in [-0.1, -0.05) is 13.0 Å². The van der Waals surface area contributed by atoms with Crippen LogP contribution in [0.2, 0.25) is 0 Å². The Morgan fingerprint density at radius 3 is 2.86 bits per heavy atom. The van der Waals surface area contributed by atoms with Crippen LogP contribution in [-0.4, -0.2) is 36.1 Å². The summed E-state index contributed by atoms with van der Waals surface area (Å²) < 4.78 is 0. The molecule has 1 aliphatic heterocycles. The molecule has 0 aliphatic carbocycles. The van der Waals surface area contributed by atoms with Gasteiger partial charge in [0.15, 0.2) is 0 Å². The quantitative estimate of drug-likeness (QED) is 0.871. The first-order valence-corrected chi connectivity index (χ1v) is 7.43. The van der Waals surface area contributed by atoms with Crippen molar-refractivity contribution in [2.75, 3.05) is 18.0 Å². The molecule has 21 heavy (non-hydrogen) atoms. The van der Waals surface area contributed by atoms with Gasteiger partial charge < -0.3 is 15.3 Å². The van der Waals surface area contributed by atoms with E-state index in [1.165, 1.54) is 0 Å². The summed E-state index contributed by atoms with van der Waals surface area (Å²) >= 11 is 0. The van der Waals surface area contributed by atoms with Gasteiger partial charge in [0, 0.05) is 18.3 Å². The molecule has 0 bridgehead atoms. The first-order chi connectivity index (χ1) is 10.0. The van der Waals surface area contributed by atoms with Crippen molar-refractivity contribution in [2.45, 2.75) is 39.2 Å². The Balaban J connectivity index is 2.20. The number of nitrogens with zero attached hydrogens (tertiary/aromatic N) is 1. The molecule has 0 aromatic heterocycles. The van der Waals surface area contributed by atoms with Crippen molar-refractivity contribution in [1.82, 2.24) is 5.32 Å². The zero-order valence-electron chi connectivity index (χ0n) is 12.6. The fraction of sp³-hybridized carbons (Fsp3) is 0.500. The zero-order valence-corrected chi connectivity index (χ0v) is 12.6. The van der Waals surface area contributed by atoms with E-state index in [1.54, 1.807) is 17.0 Å². The van der Waals surface area contributed by atoms with E-state index < -0.39 is 5.97 Å². The van der Waals surface area contributed by atoms with Crippen LogP contribution in [0.25, 0.3) is 0 Å². The van der Waals surface area contributed by atoms with Gasteiger partial charge in [-0.3, -0.25) is 4.79 Å². The van der Waals surface area contributed by atoms with E-state index in [-0.39, 0.29) is 12.5 Å². The molecule has 1 aromatic carbocycles. The smallest absolute Gasteiger partial charge is 0.336 e. The average molecular weight is 290 g/mol. The number of rotatable bonds is 5. The molecule has 1 amide bonds. The molecule has 2 rings (SSSR count). The van der Waals surface area contributed by atoms with E-state index in [4.69, 9.17) is 0 Å². The summed E-state index contributed by atoms with van der Waals surface area (Å²) in [6.45, 7) is 5.04. The van der Waals surface area contributed by atoms with Crippen LogP contribution in [0.1, 0.15) is 42.6 Å². The van der Waals surface area contributed by atoms with Gasteiger partial charge in [0.1, 0.15) is 0 Å². The second kappa shape index (κ2) is 6.72.